The molecule has 86 valence electrons. The molecule has 1 heterocycles. The Labute approximate surface area is 83.0 Å². The van der Waals surface area contributed by atoms with Crippen LogP contribution in [-0.4, -0.2) is 17.5 Å². The number of alkyl halides is 3. The van der Waals surface area contributed by atoms with Crippen molar-refractivity contribution in [3.8, 4) is 0 Å². The molecule has 0 aliphatic rings. The van der Waals surface area contributed by atoms with Gasteiger partial charge in [-0.15, -0.1) is 13.2 Å². The first-order valence-corrected chi connectivity index (χ1v) is 4.91. The second-order valence-electron chi connectivity index (χ2n) is 2.58. The van der Waals surface area contributed by atoms with Crippen molar-refractivity contribution < 1.29 is 30.3 Å². The molecule has 0 saturated carbocycles. The fourth-order valence-corrected chi connectivity index (χ4v) is 1.11. The van der Waals surface area contributed by atoms with Gasteiger partial charge in [-0.25, -0.2) is 4.18 Å². The van der Waals surface area contributed by atoms with Crippen molar-refractivity contribution in [1.82, 2.24) is 4.57 Å². The van der Waals surface area contributed by atoms with E-state index in [2.05, 4.69) is 4.18 Å². The van der Waals surface area contributed by atoms with Gasteiger partial charge in [0.05, 0.1) is 6.61 Å². The Morgan fingerprint density at radius 2 is 2.07 bits per heavy atom. The SMILES string of the molecule is O=S(=O)(O)OCc1ccn(C(F)(F)F)c1. The van der Waals surface area contributed by atoms with E-state index in [-0.39, 0.29) is 10.1 Å². The van der Waals surface area contributed by atoms with E-state index < -0.39 is 23.3 Å². The molecule has 0 saturated heterocycles. The number of halogens is 3. The highest BCUT2D eigenvalue weighted by molar-refractivity contribution is 7.80. The molecular weight excluding hydrogens is 239 g/mol. The molecule has 0 radical (unpaired) electrons. The number of aromatic nitrogens is 1. The third-order valence-electron chi connectivity index (χ3n) is 1.42. The van der Waals surface area contributed by atoms with Crippen molar-refractivity contribution in [2.75, 3.05) is 0 Å². The van der Waals surface area contributed by atoms with Crippen molar-refractivity contribution in [2.45, 2.75) is 12.9 Å². The van der Waals surface area contributed by atoms with E-state index in [1.807, 2.05) is 0 Å². The lowest BCUT2D eigenvalue weighted by Gasteiger charge is -2.05. The van der Waals surface area contributed by atoms with Crippen LogP contribution in [0.1, 0.15) is 5.56 Å². The molecule has 15 heavy (non-hydrogen) atoms. The van der Waals surface area contributed by atoms with Crippen LogP contribution in [0.25, 0.3) is 0 Å². The zero-order valence-corrected chi connectivity index (χ0v) is 7.92. The maximum absolute atomic E-state index is 12.0. The van der Waals surface area contributed by atoms with Gasteiger partial charge in [0, 0.05) is 12.4 Å². The molecule has 9 heteroatoms. The van der Waals surface area contributed by atoms with Crippen molar-refractivity contribution in [2.24, 2.45) is 0 Å². The van der Waals surface area contributed by atoms with Gasteiger partial charge in [-0.1, -0.05) is 0 Å². The topological polar surface area (TPSA) is 68.5 Å². The first kappa shape index (κ1) is 12.0. The van der Waals surface area contributed by atoms with Gasteiger partial charge in [0.15, 0.2) is 0 Å². The zero-order valence-electron chi connectivity index (χ0n) is 7.10. The molecule has 0 spiro atoms. The second kappa shape index (κ2) is 3.83. The molecule has 0 unspecified atom stereocenters. The maximum Gasteiger partial charge on any atom is 0.488 e. The van der Waals surface area contributed by atoms with Gasteiger partial charge in [-0.05, 0) is 11.6 Å². The average molecular weight is 245 g/mol. The van der Waals surface area contributed by atoms with Crippen LogP contribution >= 0.6 is 0 Å². The number of hydrogen-bond donors (Lipinski definition) is 1. The summed E-state index contributed by atoms with van der Waals surface area (Å²) in [5.74, 6) is 0. The Morgan fingerprint density at radius 1 is 1.47 bits per heavy atom. The fourth-order valence-electron chi connectivity index (χ4n) is 0.826. The molecule has 0 amide bonds. The molecule has 5 nitrogen and oxygen atoms in total. The minimum absolute atomic E-state index is 0.0232. The third kappa shape index (κ3) is 3.90. The van der Waals surface area contributed by atoms with E-state index in [4.69, 9.17) is 4.55 Å². The molecule has 0 aromatic carbocycles. The van der Waals surface area contributed by atoms with Crippen molar-refractivity contribution in [3.05, 3.63) is 24.0 Å². The van der Waals surface area contributed by atoms with Gasteiger partial charge in [-0.3, -0.25) is 9.12 Å². The third-order valence-corrected chi connectivity index (χ3v) is 1.84. The Bertz CT molecular complexity index is 435. The summed E-state index contributed by atoms with van der Waals surface area (Å²) in [5, 5.41) is 0. The van der Waals surface area contributed by atoms with Crippen LogP contribution in [0.4, 0.5) is 13.2 Å². The predicted octanol–water partition coefficient (Wildman–Crippen LogP) is 1.28. The van der Waals surface area contributed by atoms with Crippen molar-refractivity contribution in [3.63, 3.8) is 0 Å². The highest BCUT2D eigenvalue weighted by atomic mass is 32.3. The lowest BCUT2D eigenvalue weighted by molar-refractivity contribution is -0.203. The van der Waals surface area contributed by atoms with Gasteiger partial charge in [0.25, 0.3) is 0 Å². The fraction of sp³-hybridized carbons (Fsp3) is 0.333. The second-order valence-corrected chi connectivity index (χ2v) is 3.68. The van der Waals surface area contributed by atoms with Crippen LogP contribution in [0.2, 0.25) is 0 Å². The Hall–Kier alpha value is -1.06. The molecule has 0 fully saturated rings. The summed E-state index contributed by atoms with van der Waals surface area (Å²) in [5.41, 5.74) is -0.0232. The molecule has 1 aromatic heterocycles. The predicted molar refractivity (Wildman–Crippen MR) is 42.1 cm³/mol. The summed E-state index contributed by atoms with van der Waals surface area (Å²) in [6.07, 6.45) is -3.19. The highest BCUT2D eigenvalue weighted by Crippen LogP contribution is 2.23. The minimum Gasteiger partial charge on any atom is -0.266 e. The summed E-state index contributed by atoms with van der Waals surface area (Å²) in [4.78, 5) is 0. The largest absolute Gasteiger partial charge is 0.488 e. The summed E-state index contributed by atoms with van der Waals surface area (Å²) >= 11 is 0. The van der Waals surface area contributed by atoms with E-state index >= 15 is 0 Å². The standard InChI is InChI=1S/C6H6F3NO4S/c7-6(8,9)10-2-1-5(3-10)4-14-15(11,12)13/h1-3H,4H2,(H,11,12,13). The normalized spacial score (nSPS) is 13.1. The zero-order chi connectivity index (χ0) is 11.7. The quantitative estimate of drug-likeness (QED) is 0.814. The van der Waals surface area contributed by atoms with Crippen molar-refractivity contribution >= 4 is 10.4 Å². The lowest BCUT2D eigenvalue weighted by Crippen LogP contribution is -2.14. The number of nitrogens with zero attached hydrogens (tertiary/aromatic N) is 1. The minimum atomic E-state index is -4.64. The molecule has 1 rings (SSSR count). The van der Waals surface area contributed by atoms with E-state index in [1.165, 1.54) is 0 Å². The summed E-state index contributed by atoms with van der Waals surface area (Å²) in [6, 6.07) is 1.03. The average Bonchev–Trinajstić information content (AvgIpc) is 2.45. The maximum atomic E-state index is 12.0. The van der Waals surface area contributed by atoms with Gasteiger partial charge in [-0.2, -0.15) is 8.42 Å². The Kier molecular flexibility index (Phi) is 3.07. The van der Waals surface area contributed by atoms with E-state index in [0.717, 1.165) is 6.07 Å². The van der Waals surface area contributed by atoms with Crippen molar-refractivity contribution in [1.29, 1.82) is 0 Å². The van der Waals surface area contributed by atoms with Gasteiger partial charge in [0.2, 0.25) is 0 Å². The van der Waals surface area contributed by atoms with Gasteiger partial charge >= 0.3 is 16.7 Å². The molecule has 0 aliphatic carbocycles. The van der Waals surface area contributed by atoms with Crippen LogP contribution in [-0.2, 0) is 27.5 Å². The van der Waals surface area contributed by atoms with Gasteiger partial charge in [0.1, 0.15) is 0 Å². The molecule has 1 aromatic rings. The molecular formula is C6H6F3NO4S. The smallest absolute Gasteiger partial charge is 0.266 e. The monoisotopic (exact) mass is 245 g/mol. The highest BCUT2D eigenvalue weighted by Gasteiger charge is 2.29. The molecule has 0 bridgehead atoms. The van der Waals surface area contributed by atoms with Crippen LogP contribution in [0.3, 0.4) is 0 Å². The van der Waals surface area contributed by atoms with Crippen LogP contribution < -0.4 is 0 Å². The molecule has 1 N–H and O–H groups in total. The first-order valence-electron chi connectivity index (χ1n) is 3.54. The molecule has 0 aliphatic heterocycles. The van der Waals surface area contributed by atoms with E-state index in [9.17, 15) is 21.6 Å². The first-order chi connectivity index (χ1) is 6.68. The Balaban J connectivity index is 2.70. The van der Waals surface area contributed by atoms with E-state index in [1.54, 1.807) is 0 Å². The van der Waals surface area contributed by atoms with Crippen LogP contribution in [0, 0.1) is 0 Å². The number of hydrogen-bond acceptors (Lipinski definition) is 3. The van der Waals surface area contributed by atoms with Crippen LogP contribution in [0.15, 0.2) is 18.5 Å². The Morgan fingerprint density at radius 3 is 2.47 bits per heavy atom. The van der Waals surface area contributed by atoms with Gasteiger partial charge < -0.3 is 0 Å². The van der Waals surface area contributed by atoms with Crippen LogP contribution in [0.5, 0.6) is 0 Å². The summed E-state index contributed by atoms with van der Waals surface area (Å²) in [7, 11) is -4.64. The number of rotatable bonds is 3. The summed E-state index contributed by atoms with van der Waals surface area (Å²) in [6.45, 7) is -0.651. The molecule has 0 atom stereocenters. The van der Waals surface area contributed by atoms with E-state index in [0.29, 0.717) is 12.4 Å². The lowest BCUT2D eigenvalue weighted by atomic mass is 10.4. The summed E-state index contributed by atoms with van der Waals surface area (Å²) < 4.78 is 68.3.